The van der Waals surface area contributed by atoms with Crippen LogP contribution < -0.4 is 5.32 Å². The van der Waals surface area contributed by atoms with Gasteiger partial charge in [-0.3, -0.25) is 20.3 Å². The average Bonchev–Trinajstić information content (AvgIpc) is 2.39. The lowest BCUT2D eigenvalue weighted by Crippen LogP contribution is -2.56. The van der Waals surface area contributed by atoms with Gasteiger partial charge in [0.25, 0.3) is 6.17 Å². The summed E-state index contributed by atoms with van der Waals surface area (Å²) in [5.74, 6) is 0. The zero-order valence-electron chi connectivity index (χ0n) is 9.75. The predicted octanol–water partition coefficient (Wildman–Crippen LogP) is -0.966. The molecule has 0 spiro atoms. The van der Waals surface area contributed by atoms with Gasteiger partial charge in [-0.25, -0.2) is 0 Å². The molecule has 2 heterocycles. The first-order chi connectivity index (χ1) is 8.20. The first-order valence-electron chi connectivity index (χ1n) is 6.04. The van der Waals surface area contributed by atoms with Gasteiger partial charge in [0, 0.05) is 37.0 Å². The van der Waals surface area contributed by atoms with Gasteiger partial charge in [0.2, 0.25) is 0 Å². The standard InChI is InChI=1S/C10H19N3O4/c14-7-9-6-12(3-4-17-9)8-1-2-10(11-5-8)13(15)16/h8-11,14H,1-7H2. The van der Waals surface area contributed by atoms with Crippen LogP contribution in [0.4, 0.5) is 0 Å². The topological polar surface area (TPSA) is 87.9 Å². The Morgan fingerprint density at radius 2 is 2.35 bits per heavy atom. The Bertz CT molecular complexity index is 268. The minimum absolute atomic E-state index is 0.0359. The predicted molar refractivity (Wildman–Crippen MR) is 60.2 cm³/mol. The Morgan fingerprint density at radius 1 is 1.53 bits per heavy atom. The highest BCUT2D eigenvalue weighted by Gasteiger charge is 2.32. The average molecular weight is 245 g/mol. The van der Waals surface area contributed by atoms with E-state index < -0.39 is 6.17 Å². The van der Waals surface area contributed by atoms with E-state index in [1.54, 1.807) is 0 Å². The van der Waals surface area contributed by atoms with Gasteiger partial charge in [-0.15, -0.1) is 0 Å². The van der Waals surface area contributed by atoms with E-state index >= 15 is 0 Å². The maximum atomic E-state index is 10.6. The number of aliphatic hydroxyl groups is 1. The number of nitrogens with one attached hydrogen (secondary N) is 1. The van der Waals surface area contributed by atoms with Gasteiger partial charge < -0.3 is 9.84 Å². The summed E-state index contributed by atoms with van der Waals surface area (Å²) in [6, 6.07) is 0.323. The van der Waals surface area contributed by atoms with Crippen molar-refractivity contribution in [2.45, 2.75) is 31.2 Å². The van der Waals surface area contributed by atoms with Crippen LogP contribution in [0.2, 0.25) is 0 Å². The zero-order valence-corrected chi connectivity index (χ0v) is 9.75. The second kappa shape index (κ2) is 5.72. The van der Waals surface area contributed by atoms with Gasteiger partial charge in [-0.2, -0.15) is 0 Å². The van der Waals surface area contributed by atoms with Crippen LogP contribution in [-0.2, 0) is 4.74 Å². The third-order valence-electron chi connectivity index (χ3n) is 3.51. The van der Waals surface area contributed by atoms with Crippen molar-refractivity contribution in [3.8, 4) is 0 Å². The maximum Gasteiger partial charge on any atom is 0.266 e. The molecule has 0 bridgehead atoms. The number of nitrogens with zero attached hydrogens (tertiary/aromatic N) is 2. The van der Waals surface area contributed by atoms with Crippen LogP contribution in [0.5, 0.6) is 0 Å². The van der Waals surface area contributed by atoms with E-state index in [1.807, 2.05) is 0 Å². The van der Waals surface area contributed by atoms with E-state index in [9.17, 15) is 10.1 Å². The van der Waals surface area contributed by atoms with E-state index in [0.717, 1.165) is 13.0 Å². The smallest absolute Gasteiger partial charge is 0.266 e. The molecule has 3 atom stereocenters. The van der Waals surface area contributed by atoms with Gasteiger partial charge in [0.15, 0.2) is 0 Å². The van der Waals surface area contributed by atoms with Gasteiger partial charge in [-0.1, -0.05) is 0 Å². The van der Waals surface area contributed by atoms with Crippen molar-refractivity contribution in [2.24, 2.45) is 0 Å². The first-order valence-corrected chi connectivity index (χ1v) is 6.04. The molecule has 7 nitrogen and oxygen atoms in total. The van der Waals surface area contributed by atoms with E-state index in [-0.39, 0.29) is 17.6 Å². The zero-order chi connectivity index (χ0) is 12.3. The third-order valence-corrected chi connectivity index (χ3v) is 3.51. The Morgan fingerprint density at radius 3 is 2.94 bits per heavy atom. The fourth-order valence-electron chi connectivity index (χ4n) is 2.50. The van der Waals surface area contributed by atoms with Crippen LogP contribution in [0, 0.1) is 10.1 Å². The molecule has 3 unspecified atom stereocenters. The summed E-state index contributed by atoms with van der Waals surface area (Å²) in [5.41, 5.74) is 0. The molecule has 2 N–H and O–H groups in total. The summed E-state index contributed by atoms with van der Waals surface area (Å²) in [6.07, 6.45) is 0.688. The first kappa shape index (κ1) is 12.7. The van der Waals surface area contributed by atoms with Crippen LogP contribution in [0.25, 0.3) is 0 Å². The molecule has 7 heteroatoms. The maximum absolute atomic E-state index is 10.6. The van der Waals surface area contributed by atoms with Gasteiger partial charge >= 0.3 is 0 Å². The molecule has 17 heavy (non-hydrogen) atoms. The Balaban J connectivity index is 1.81. The number of rotatable bonds is 3. The lowest BCUT2D eigenvalue weighted by molar-refractivity contribution is -0.532. The van der Waals surface area contributed by atoms with Crippen molar-refractivity contribution in [1.82, 2.24) is 10.2 Å². The molecule has 98 valence electrons. The number of ether oxygens (including phenoxy) is 1. The summed E-state index contributed by atoms with van der Waals surface area (Å²) >= 11 is 0. The molecule has 0 aromatic carbocycles. The molecule has 2 rings (SSSR count). The van der Waals surface area contributed by atoms with Crippen LogP contribution in [0.1, 0.15) is 12.8 Å². The molecular formula is C10H19N3O4. The lowest BCUT2D eigenvalue weighted by atomic mass is 10.0. The molecule has 2 aliphatic heterocycles. The summed E-state index contributed by atoms with van der Waals surface area (Å²) in [5, 5.41) is 22.6. The summed E-state index contributed by atoms with van der Waals surface area (Å²) < 4.78 is 5.39. The second-order valence-electron chi connectivity index (χ2n) is 4.61. The molecular weight excluding hydrogens is 226 g/mol. The number of aliphatic hydroxyl groups excluding tert-OH is 1. The fourth-order valence-corrected chi connectivity index (χ4v) is 2.50. The van der Waals surface area contributed by atoms with E-state index in [0.29, 0.717) is 32.2 Å². The number of nitro groups is 1. The van der Waals surface area contributed by atoms with Crippen LogP contribution >= 0.6 is 0 Å². The minimum atomic E-state index is -0.596. The largest absolute Gasteiger partial charge is 0.394 e. The highest BCUT2D eigenvalue weighted by Crippen LogP contribution is 2.17. The quantitative estimate of drug-likeness (QED) is 0.491. The molecule has 2 fully saturated rings. The van der Waals surface area contributed by atoms with Crippen molar-refractivity contribution in [2.75, 3.05) is 32.8 Å². The second-order valence-corrected chi connectivity index (χ2v) is 4.61. The SMILES string of the molecule is O=[N+]([O-])C1CCC(N2CCOC(CO)C2)CN1. The highest BCUT2D eigenvalue weighted by atomic mass is 16.6. The van der Waals surface area contributed by atoms with Crippen molar-refractivity contribution >= 4 is 0 Å². The Labute approximate surface area is 99.9 Å². The molecule has 0 aromatic rings. The van der Waals surface area contributed by atoms with Crippen LogP contribution in [-0.4, -0.2) is 66.1 Å². The minimum Gasteiger partial charge on any atom is -0.394 e. The van der Waals surface area contributed by atoms with E-state index in [4.69, 9.17) is 9.84 Å². The number of morpholine rings is 1. The van der Waals surface area contributed by atoms with Crippen molar-refractivity contribution in [1.29, 1.82) is 0 Å². The molecule has 2 saturated heterocycles. The summed E-state index contributed by atoms with van der Waals surface area (Å²) in [6.45, 7) is 2.86. The molecule has 0 saturated carbocycles. The third kappa shape index (κ3) is 3.12. The van der Waals surface area contributed by atoms with Crippen molar-refractivity contribution in [3.63, 3.8) is 0 Å². The van der Waals surface area contributed by atoms with Crippen LogP contribution in [0.3, 0.4) is 0 Å². The van der Waals surface area contributed by atoms with E-state index in [1.165, 1.54) is 0 Å². The van der Waals surface area contributed by atoms with Crippen molar-refractivity contribution < 1.29 is 14.8 Å². The Kier molecular flexibility index (Phi) is 4.27. The number of hydrogen-bond acceptors (Lipinski definition) is 6. The summed E-state index contributed by atoms with van der Waals surface area (Å²) in [7, 11) is 0. The van der Waals surface area contributed by atoms with Gasteiger partial charge in [0.1, 0.15) is 0 Å². The number of hydrogen-bond donors (Lipinski definition) is 2. The fraction of sp³-hybridized carbons (Fsp3) is 1.00. The van der Waals surface area contributed by atoms with Crippen LogP contribution in [0.15, 0.2) is 0 Å². The molecule has 0 radical (unpaired) electrons. The van der Waals surface area contributed by atoms with Crippen molar-refractivity contribution in [3.05, 3.63) is 10.1 Å². The molecule has 0 amide bonds. The lowest BCUT2D eigenvalue weighted by Gasteiger charge is -2.39. The number of piperidine rings is 1. The highest BCUT2D eigenvalue weighted by molar-refractivity contribution is 4.83. The molecule has 0 aromatic heterocycles. The Hall–Kier alpha value is -0.760. The van der Waals surface area contributed by atoms with Gasteiger partial charge in [0.05, 0.1) is 19.3 Å². The van der Waals surface area contributed by atoms with Gasteiger partial charge in [-0.05, 0) is 6.42 Å². The normalized spacial score (nSPS) is 35.7. The monoisotopic (exact) mass is 245 g/mol. The summed E-state index contributed by atoms with van der Waals surface area (Å²) in [4.78, 5) is 12.6. The van der Waals surface area contributed by atoms with E-state index in [2.05, 4.69) is 10.2 Å². The molecule has 0 aliphatic carbocycles. The molecule has 2 aliphatic rings.